The first-order chi connectivity index (χ1) is 14.3. The number of nitrogens with one attached hydrogen (secondary N) is 1. The number of carbonyl (C=O) groups is 2. The molecular weight excluding hydrogens is 433 g/mol. The van der Waals surface area contributed by atoms with Gasteiger partial charge in [0.15, 0.2) is 5.76 Å². The Labute approximate surface area is 181 Å². The van der Waals surface area contributed by atoms with Gasteiger partial charge < -0.3 is 19.2 Å². The van der Waals surface area contributed by atoms with Crippen molar-refractivity contribution in [3.63, 3.8) is 0 Å². The summed E-state index contributed by atoms with van der Waals surface area (Å²) in [4.78, 5) is 25.7. The van der Waals surface area contributed by atoms with Crippen molar-refractivity contribution in [3.8, 4) is 5.75 Å². The summed E-state index contributed by atoms with van der Waals surface area (Å²) in [6.45, 7) is 5.62. The predicted molar refractivity (Wildman–Crippen MR) is 112 cm³/mol. The van der Waals surface area contributed by atoms with E-state index in [-0.39, 0.29) is 24.0 Å². The van der Waals surface area contributed by atoms with Crippen LogP contribution in [-0.2, 0) is 11.3 Å². The minimum atomic E-state index is -0.507. The molecule has 0 aliphatic carbocycles. The van der Waals surface area contributed by atoms with E-state index in [0.717, 1.165) is 16.5 Å². The Morgan fingerprint density at radius 2 is 2.00 bits per heavy atom. The van der Waals surface area contributed by atoms with Crippen LogP contribution in [0, 0.1) is 19.7 Å². The molecule has 0 radical (unpaired) electrons. The number of aryl methyl sites for hydroxylation is 1. The molecule has 158 valence electrons. The lowest BCUT2D eigenvalue weighted by molar-refractivity contribution is 0.0527. The number of furan rings is 1. The first-order valence-corrected chi connectivity index (χ1v) is 10.2. The number of rotatable bonds is 7. The normalized spacial score (nSPS) is 10.7. The van der Waals surface area contributed by atoms with E-state index in [1.807, 2.05) is 6.92 Å². The third-order valence-electron chi connectivity index (χ3n) is 4.24. The summed E-state index contributed by atoms with van der Waals surface area (Å²) in [7, 11) is 0. The number of thiophene rings is 1. The van der Waals surface area contributed by atoms with Gasteiger partial charge in [-0.15, -0.1) is 11.3 Å². The van der Waals surface area contributed by atoms with E-state index in [1.54, 1.807) is 19.9 Å². The lowest BCUT2D eigenvalue weighted by Crippen LogP contribution is -2.14. The van der Waals surface area contributed by atoms with E-state index in [9.17, 15) is 14.0 Å². The Balaban J connectivity index is 1.70. The van der Waals surface area contributed by atoms with Gasteiger partial charge >= 0.3 is 5.97 Å². The molecule has 1 N–H and O–H groups in total. The minimum Gasteiger partial charge on any atom is -0.484 e. The number of ether oxygens (including phenoxy) is 2. The highest BCUT2D eigenvalue weighted by molar-refractivity contribution is 7.16. The molecule has 0 saturated carbocycles. The maximum absolute atomic E-state index is 13.1. The van der Waals surface area contributed by atoms with Crippen molar-refractivity contribution in [1.29, 1.82) is 0 Å². The summed E-state index contributed by atoms with van der Waals surface area (Å²) in [5.74, 6) is -0.733. The van der Waals surface area contributed by atoms with Gasteiger partial charge in [0, 0.05) is 4.88 Å². The second-order valence-corrected chi connectivity index (χ2v) is 7.92. The highest BCUT2D eigenvalue weighted by atomic mass is 35.5. The number of benzene rings is 1. The first kappa shape index (κ1) is 21.9. The molecule has 30 heavy (non-hydrogen) atoms. The summed E-state index contributed by atoms with van der Waals surface area (Å²) in [6, 6.07) is 6.87. The quantitative estimate of drug-likeness (QED) is 0.462. The second-order valence-electron chi connectivity index (χ2n) is 6.29. The Bertz CT molecular complexity index is 1090. The molecule has 1 aromatic carbocycles. The average molecular weight is 452 g/mol. The van der Waals surface area contributed by atoms with Crippen LogP contribution in [0.5, 0.6) is 5.75 Å². The lowest BCUT2D eigenvalue weighted by atomic mass is 10.1. The summed E-state index contributed by atoms with van der Waals surface area (Å²) in [5, 5.41) is 3.25. The van der Waals surface area contributed by atoms with Gasteiger partial charge in [-0.25, -0.2) is 9.18 Å². The van der Waals surface area contributed by atoms with Crippen molar-refractivity contribution in [2.75, 3.05) is 11.9 Å². The molecule has 3 rings (SSSR count). The van der Waals surface area contributed by atoms with Crippen LogP contribution in [0.1, 0.15) is 44.0 Å². The smallest absolute Gasteiger partial charge is 0.341 e. The molecule has 0 saturated heterocycles. The average Bonchev–Trinajstić information content (AvgIpc) is 3.26. The van der Waals surface area contributed by atoms with Crippen LogP contribution >= 0.6 is 22.9 Å². The maximum Gasteiger partial charge on any atom is 0.341 e. The fraction of sp³-hybridized carbons (Fsp3) is 0.238. The van der Waals surface area contributed by atoms with Gasteiger partial charge in [-0.1, -0.05) is 11.6 Å². The van der Waals surface area contributed by atoms with Gasteiger partial charge in [-0.3, -0.25) is 4.79 Å². The molecule has 0 aliphatic heterocycles. The molecule has 1 amide bonds. The molecule has 0 bridgehead atoms. The van der Waals surface area contributed by atoms with E-state index in [0.29, 0.717) is 22.1 Å². The second kappa shape index (κ2) is 9.32. The van der Waals surface area contributed by atoms with Crippen LogP contribution in [0.4, 0.5) is 9.39 Å². The van der Waals surface area contributed by atoms with E-state index in [4.69, 9.17) is 25.5 Å². The van der Waals surface area contributed by atoms with Gasteiger partial charge in [0.25, 0.3) is 5.91 Å². The van der Waals surface area contributed by atoms with Crippen molar-refractivity contribution < 1.29 is 27.9 Å². The van der Waals surface area contributed by atoms with Crippen molar-refractivity contribution >= 4 is 39.8 Å². The Kier molecular flexibility index (Phi) is 6.79. The molecule has 0 aliphatic rings. The van der Waals surface area contributed by atoms with Gasteiger partial charge in [0.05, 0.1) is 17.2 Å². The molecule has 0 fully saturated rings. The molecule has 6 nitrogen and oxygen atoms in total. The topological polar surface area (TPSA) is 77.8 Å². The maximum atomic E-state index is 13.1. The van der Waals surface area contributed by atoms with Crippen LogP contribution in [0.25, 0.3) is 0 Å². The zero-order valence-electron chi connectivity index (χ0n) is 16.5. The zero-order chi connectivity index (χ0) is 21.8. The fourth-order valence-corrected chi connectivity index (χ4v) is 3.91. The zero-order valence-corrected chi connectivity index (χ0v) is 18.1. The van der Waals surface area contributed by atoms with Crippen molar-refractivity contribution in [3.05, 3.63) is 68.7 Å². The standard InChI is InChI=1S/C21H19ClFNO5S/c1-4-27-21(26)18-11(2)12(3)30-20(18)24-19(25)17-8-6-14(29-17)10-28-16-7-5-13(23)9-15(16)22/h5-9H,4,10H2,1-3H3,(H,24,25). The van der Waals surface area contributed by atoms with Gasteiger partial charge in [-0.2, -0.15) is 0 Å². The molecule has 9 heteroatoms. The van der Waals surface area contributed by atoms with Crippen LogP contribution in [0.3, 0.4) is 0 Å². The van der Waals surface area contributed by atoms with E-state index in [2.05, 4.69) is 5.32 Å². The summed E-state index contributed by atoms with van der Waals surface area (Å²) in [5.41, 5.74) is 1.10. The molecular formula is C21H19ClFNO5S. The van der Waals surface area contributed by atoms with E-state index >= 15 is 0 Å². The largest absolute Gasteiger partial charge is 0.484 e. The molecule has 0 spiro atoms. The Hall–Kier alpha value is -2.84. The number of esters is 1. The number of halogens is 2. The Morgan fingerprint density at radius 1 is 1.23 bits per heavy atom. The number of hydrogen-bond acceptors (Lipinski definition) is 6. The summed E-state index contributed by atoms with van der Waals surface area (Å²) >= 11 is 7.21. The highest BCUT2D eigenvalue weighted by Crippen LogP contribution is 2.33. The SMILES string of the molecule is CCOC(=O)c1c(NC(=O)c2ccc(COc3ccc(F)cc3Cl)o2)sc(C)c1C. The van der Waals surface area contributed by atoms with E-state index < -0.39 is 17.7 Å². The molecule has 2 heterocycles. The third kappa shape index (κ3) is 4.83. The monoisotopic (exact) mass is 451 g/mol. The number of anilines is 1. The van der Waals surface area contributed by atoms with Crippen LogP contribution in [0.2, 0.25) is 5.02 Å². The van der Waals surface area contributed by atoms with Crippen molar-refractivity contribution in [1.82, 2.24) is 0 Å². The minimum absolute atomic E-state index is 0.00390. The lowest BCUT2D eigenvalue weighted by Gasteiger charge is -2.07. The Morgan fingerprint density at radius 3 is 2.70 bits per heavy atom. The van der Waals surface area contributed by atoms with Crippen molar-refractivity contribution in [2.24, 2.45) is 0 Å². The first-order valence-electron chi connectivity index (χ1n) is 9.05. The molecule has 0 unspecified atom stereocenters. The van der Waals surface area contributed by atoms with Gasteiger partial charge in [0.2, 0.25) is 0 Å². The van der Waals surface area contributed by atoms with E-state index in [1.165, 1.54) is 29.5 Å². The molecule has 2 aromatic heterocycles. The highest BCUT2D eigenvalue weighted by Gasteiger charge is 2.23. The van der Waals surface area contributed by atoms with Gasteiger partial charge in [0.1, 0.15) is 28.9 Å². The number of hydrogen-bond donors (Lipinski definition) is 1. The van der Waals surface area contributed by atoms with Crippen LogP contribution in [-0.4, -0.2) is 18.5 Å². The third-order valence-corrected chi connectivity index (χ3v) is 5.66. The van der Waals surface area contributed by atoms with Crippen LogP contribution < -0.4 is 10.1 Å². The van der Waals surface area contributed by atoms with Crippen LogP contribution in [0.15, 0.2) is 34.7 Å². The number of carbonyl (C=O) groups excluding carboxylic acids is 2. The van der Waals surface area contributed by atoms with Crippen molar-refractivity contribution in [2.45, 2.75) is 27.4 Å². The fourth-order valence-electron chi connectivity index (χ4n) is 2.65. The summed E-state index contributed by atoms with van der Waals surface area (Å²) < 4.78 is 29.2. The molecule has 0 atom stereocenters. The predicted octanol–water partition coefficient (Wildman–Crippen LogP) is 5.76. The summed E-state index contributed by atoms with van der Waals surface area (Å²) in [6.07, 6.45) is 0. The molecule has 3 aromatic rings. The van der Waals surface area contributed by atoms with Gasteiger partial charge in [-0.05, 0) is 56.7 Å². The number of amides is 1.